The van der Waals surface area contributed by atoms with Gasteiger partial charge in [-0.05, 0) is 27.7 Å². The van der Waals surface area contributed by atoms with Crippen molar-refractivity contribution in [1.29, 1.82) is 5.26 Å². The van der Waals surface area contributed by atoms with Gasteiger partial charge in [-0.1, -0.05) is 0 Å². The van der Waals surface area contributed by atoms with Crippen molar-refractivity contribution in [2.75, 3.05) is 19.8 Å². The third kappa shape index (κ3) is 6.01. The Hall–Kier alpha value is -0.280. The fraction of sp³-hybridized carbons (Fsp3) is 0.923. The minimum absolute atomic E-state index is 0.0495. The zero-order valence-corrected chi connectivity index (χ0v) is 13.8. The van der Waals surface area contributed by atoms with Gasteiger partial charge in [0.1, 0.15) is 0 Å². The fourth-order valence-corrected chi connectivity index (χ4v) is 3.34. The van der Waals surface area contributed by atoms with E-state index in [1.165, 1.54) is 0 Å². The first-order valence-electron chi connectivity index (χ1n) is 6.92. The smallest absolute Gasteiger partial charge is 0.201 e. The standard InChI is InChI=1S/C13H28N3O3P/c1-10(2)16(11(3)4)20-13(18,12(8-15)9-17)19-7-5-6-14/h10-12,17-18,20H,5,7-9,15H2,1-4H3/t12?,13-/m0/s1. The SMILES string of the molecule is CC(C)N(P[C@@](O)(OCCC#N)C(CN)CO)C(C)C. The number of rotatable bonds is 10. The number of hydrogen-bond donors (Lipinski definition) is 3. The molecular weight excluding hydrogens is 277 g/mol. The molecule has 2 unspecified atom stereocenters. The molecule has 0 saturated heterocycles. The van der Waals surface area contributed by atoms with E-state index in [2.05, 4.69) is 4.67 Å². The van der Waals surface area contributed by atoms with Gasteiger partial charge < -0.3 is 20.7 Å². The van der Waals surface area contributed by atoms with E-state index in [0.717, 1.165) is 0 Å². The van der Waals surface area contributed by atoms with Gasteiger partial charge in [0.2, 0.25) is 5.53 Å². The molecule has 4 N–H and O–H groups in total. The summed E-state index contributed by atoms with van der Waals surface area (Å²) in [5.74, 6) is -0.570. The number of nitrogens with two attached hydrogens (primary N) is 1. The van der Waals surface area contributed by atoms with Crippen molar-refractivity contribution >= 4 is 8.73 Å². The Morgan fingerprint density at radius 2 is 1.90 bits per heavy atom. The van der Waals surface area contributed by atoms with Crippen molar-refractivity contribution < 1.29 is 14.9 Å². The summed E-state index contributed by atoms with van der Waals surface area (Å²) in [6.45, 7) is 8.16. The summed E-state index contributed by atoms with van der Waals surface area (Å²) >= 11 is 0. The van der Waals surface area contributed by atoms with E-state index in [0.29, 0.717) is 0 Å². The number of nitrogens with zero attached hydrogens (tertiary/aromatic N) is 2. The maximum absolute atomic E-state index is 10.8. The summed E-state index contributed by atoms with van der Waals surface area (Å²) in [4.78, 5) is 0. The molecular formula is C13H28N3O3P. The third-order valence-corrected chi connectivity index (χ3v) is 5.16. The Morgan fingerprint density at radius 3 is 2.25 bits per heavy atom. The summed E-state index contributed by atoms with van der Waals surface area (Å²) in [5, 5.41) is 28.8. The predicted octanol–water partition coefficient (Wildman–Crippen LogP) is 0.842. The molecule has 0 aromatic rings. The average molecular weight is 305 g/mol. The molecule has 118 valence electrons. The van der Waals surface area contributed by atoms with Crippen LogP contribution in [0.5, 0.6) is 0 Å². The second kappa shape index (κ2) is 9.62. The lowest BCUT2D eigenvalue weighted by molar-refractivity contribution is -0.176. The molecule has 0 radical (unpaired) electrons. The highest BCUT2D eigenvalue weighted by molar-refractivity contribution is 7.36. The zero-order valence-electron chi connectivity index (χ0n) is 12.8. The molecule has 0 saturated carbocycles. The highest BCUT2D eigenvalue weighted by atomic mass is 31.1. The molecule has 0 fully saturated rings. The van der Waals surface area contributed by atoms with Crippen LogP contribution >= 0.6 is 8.73 Å². The second-order valence-corrected chi connectivity index (χ2v) is 6.73. The number of aliphatic hydroxyl groups excluding tert-OH is 1. The lowest BCUT2D eigenvalue weighted by atomic mass is 10.1. The molecule has 0 heterocycles. The molecule has 0 aliphatic heterocycles. The number of ether oxygens (including phenoxy) is 1. The quantitative estimate of drug-likeness (QED) is 0.314. The molecule has 0 aromatic carbocycles. The minimum atomic E-state index is -1.52. The van der Waals surface area contributed by atoms with Crippen LogP contribution in [0.1, 0.15) is 34.1 Å². The van der Waals surface area contributed by atoms with E-state index < -0.39 is 11.4 Å². The van der Waals surface area contributed by atoms with Crippen LogP contribution in [0.2, 0.25) is 0 Å². The topological polar surface area (TPSA) is 103 Å². The van der Waals surface area contributed by atoms with E-state index in [-0.39, 0.29) is 47.0 Å². The average Bonchev–Trinajstić information content (AvgIpc) is 2.37. The number of aliphatic hydroxyl groups is 2. The van der Waals surface area contributed by atoms with Gasteiger partial charge in [-0.3, -0.25) is 4.67 Å². The van der Waals surface area contributed by atoms with Gasteiger partial charge >= 0.3 is 0 Å². The minimum Gasteiger partial charge on any atom is -0.396 e. The van der Waals surface area contributed by atoms with Gasteiger partial charge in [0.05, 0.1) is 31.6 Å². The van der Waals surface area contributed by atoms with Crippen LogP contribution < -0.4 is 5.73 Å². The first-order valence-corrected chi connectivity index (χ1v) is 7.87. The molecule has 0 amide bonds. The largest absolute Gasteiger partial charge is 0.396 e. The summed E-state index contributed by atoms with van der Waals surface area (Å²) in [5.41, 5.74) is 4.10. The Morgan fingerprint density at radius 1 is 1.35 bits per heavy atom. The normalized spacial score (nSPS) is 17.1. The maximum atomic E-state index is 10.8. The summed E-state index contributed by atoms with van der Waals surface area (Å²) < 4.78 is 7.61. The first kappa shape index (κ1) is 19.7. The first-order chi connectivity index (χ1) is 9.32. The zero-order chi connectivity index (χ0) is 15.8. The van der Waals surface area contributed by atoms with E-state index in [9.17, 15) is 10.2 Å². The molecule has 7 heteroatoms. The monoisotopic (exact) mass is 305 g/mol. The third-order valence-electron chi connectivity index (χ3n) is 3.00. The van der Waals surface area contributed by atoms with E-state index in [1.807, 2.05) is 33.8 Å². The molecule has 0 bridgehead atoms. The Bertz CT molecular complexity index is 298. The van der Waals surface area contributed by atoms with Crippen LogP contribution in [0.4, 0.5) is 0 Å². The van der Waals surface area contributed by atoms with Gasteiger partial charge in [-0.25, -0.2) is 0 Å². The van der Waals surface area contributed by atoms with E-state index in [1.54, 1.807) is 0 Å². The fourth-order valence-electron chi connectivity index (χ4n) is 1.89. The predicted molar refractivity (Wildman–Crippen MR) is 81.2 cm³/mol. The molecule has 3 atom stereocenters. The number of hydrogen-bond acceptors (Lipinski definition) is 6. The van der Waals surface area contributed by atoms with Gasteiger partial charge in [-0.2, -0.15) is 5.26 Å². The summed E-state index contributed by atoms with van der Waals surface area (Å²) in [7, 11) is -0.0495. The molecule has 6 nitrogen and oxygen atoms in total. The van der Waals surface area contributed by atoms with E-state index >= 15 is 0 Å². The number of nitriles is 1. The van der Waals surface area contributed by atoms with Crippen LogP contribution in [0, 0.1) is 17.2 Å². The molecule has 0 aliphatic carbocycles. The van der Waals surface area contributed by atoms with Crippen LogP contribution in [0.25, 0.3) is 0 Å². The molecule has 0 aromatic heterocycles. The highest BCUT2D eigenvalue weighted by Crippen LogP contribution is 2.42. The van der Waals surface area contributed by atoms with E-state index in [4.69, 9.17) is 15.7 Å². The van der Waals surface area contributed by atoms with Crippen molar-refractivity contribution in [3.63, 3.8) is 0 Å². The van der Waals surface area contributed by atoms with Gasteiger partial charge in [0.25, 0.3) is 0 Å². The van der Waals surface area contributed by atoms with Crippen LogP contribution in [0.15, 0.2) is 0 Å². The van der Waals surface area contributed by atoms with Crippen LogP contribution in [-0.4, -0.2) is 52.3 Å². The molecule has 0 aliphatic rings. The second-order valence-electron chi connectivity index (χ2n) is 5.27. The van der Waals surface area contributed by atoms with Gasteiger partial charge in [0.15, 0.2) is 0 Å². The lowest BCUT2D eigenvalue weighted by Gasteiger charge is -2.41. The van der Waals surface area contributed by atoms with Crippen molar-refractivity contribution in [3.8, 4) is 6.07 Å². The van der Waals surface area contributed by atoms with Gasteiger partial charge in [-0.15, -0.1) is 0 Å². The Balaban J connectivity index is 5.04. The lowest BCUT2D eigenvalue weighted by Crippen LogP contribution is -2.47. The van der Waals surface area contributed by atoms with Crippen molar-refractivity contribution in [2.24, 2.45) is 11.7 Å². The van der Waals surface area contributed by atoms with Crippen molar-refractivity contribution in [2.45, 2.75) is 51.7 Å². The Kier molecular flexibility index (Phi) is 9.48. The van der Waals surface area contributed by atoms with Crippen LogP contribution in [-0.2, 0) is 4.74 Å². The maximum Gasteiger partial charge on any atom is 0.201 e. The van der Waals surface area contributed by atoms with Crippen molar-refractivity contribution in [1.82, 2.24) is 4.67 Å². The Labute approximate surface area is 123 Å². The highest BCUT2D eigenvalue weighted by Gasteiger charge is 2.39. The molecule has 0 spiro atoms. The summed E-state index contributed by atoms with van der Waals surface area (Å²) in [6, 6.07) is 2.44. The van der Waals surface area contributed by atoms with Crippen molar-refractivity contribution in [3.05, 3.63) is 0 Å². The summed E-state index contributed by atoms with van der Waals surface area (Å²) in [6.07, 6.45) is 0.193. The van der Waals surface area contributed by atoms with Gasteiger partial charge in [0, 0.05) is 27.4 Å². The molecule has 0 rings (SSSR count). The van der Waals surface area contributed by atoms with Crippen LogP contribution in [0.3, 0.4) is 0 Å². The molecule has 20 heavy (non-hydrogen) atoms.